The van der Waals surface area contributed by atoms with Crippen LogP contribution < -0.4 is 4.74 Å². The molecule has 37 heavy (non-hydrogen) atoms. The summed E-state index contributed by atoms with van der Waals surface area (Å²) in [7, 11) is 0. The van der Waals surface area contributed by atoms with E-state index in [0.29, 0.717) is 12.3 Å². The fraction of sp³-hybridized carbons (Fsp3) is 0.333. The first-order valence-electron chi connectivity index (χ1n) is 12.3. The number of ether oxygens (including phenoxy) is 1. The normalized spacial score (nSPS) is 16.4. The standard InChI is InChI=1S/C30H31F2NO4/c1-19(2)23-7-4-20(5-8-23)15-30(3)16-24-10-21(6-9-27(24)37-30)13-28(34)33(18-29(35)36)17-22-11-25(31)14-26(32)12-22/h4-12,14,19H,13,15-18H2,1-3H3,(H,35,36)/t30-/m0/s1. The van der Waals surface area contributed by atoms with E-state index in [1.165, 1.54) is 11.1 Å². The maximum absolute atomic E-state index is 13.6. The van der Waals surface area contributed by atoms with Crippen molar-refractivity contribution in [2.45, 2.75) is 58.1 Å². The molecule has 0 saturated carbocycles. The maximum atomic E-state index is 13.6. The van der Waals surface area contributed by atoms with Gasteiger partial charge in [-0.3, -0.25) is 9.59 Å². The molecule has 0 saturated heterocycles. The monoisotopic (exact) mass is 507 g/mol. The molecule has 0 unspecified atom stereocenters. The third kappa shape index (κ3) is 6.73. The topological polar surface area (TPSA) is 66.8 Å². The Morgan fingerprint density at radius 1 is 0.973 bits per heavy atom. The van der Waals surface area contributed by atoms with E-state index in [9.17, 15) is 23.5 Å². The molecule has 0 spiro atoms. The van der Waals surface area contributed by atoms with Gasteiger partial charge in [0.1, 0.15) is 29.5 Å². The molecule has 7 heteroatoms. The largest absolute Gasteiger partial charge is 0.487 e. The molecule has 1 N–H and O–H groups in total. The Balaban J connectivity index is 1.45. The summed E-state index contributed by atoms with van der Waals surface area (Å²) >= 11 is 0. The highest BCUT2D eigenvalue weighted by atomic mass is 19.1. The van der Waals surface area contributed by atoms with Crippen LogP contribution >= 0.6 is 0 Å². The molecule has 1 heterocycles. The van der Waals surface area contributed by atoms with Gasteiger partial charge in [0.25, 0.3) is 0 Å². The van der Waals surface area contributed by atoms with Gasteiger partial charge < -0.3 is 14.7 Å². The number of halogens is 2. The number of fused-ring (bicyclic) bond motifs is 1. The summed E-state index contributed by atoms with van der Waals surface area (Å²) in [5, 5.41) is 9.28. The second-order valence-electron chi connectivity index (χ2n) is 10.3. The second-order valence-corrected chi connectivity index (χ2v) is 10.3. The molecule has 0 radical (unpaired) electrons. The van der Waals surface area contributed by atoms with Crippen LogP contribution in [0.5, 0.6) is 5.75 Å². The Hall–Kier alpha value is -3.74. The molecule has 1 aliphatic rings. The van der Waals surface area contributed by atoms with Crippen molar-refractivity contribution >= 4 is 11.9 Å². The van der Waals surface area contributed by atoms with Crippen molar-refractivity contribution < 1.29 is 28.2 Å². The molecule has 0 fully saturated rings. The minimum Gasteiger partial charge on any atom is -0.487 e. The highest BCUT2D eigenvalue weighted by Crippen LogP contribution is 2.37. The number of hydrogen-bond acceptors (Lipinski definition) is 3. The summed E-state index contributed by atoms with van der Waals surface area (Å²) in [5.74, 6) is -1.97. The lowest BCUT2D eigenvalue weighted by Gasteiger charge is -2.24. The highest BCUT2D eigenvalue weighted by molar-refractivity contribution is 5.83. The van der Waals surface area contributed by atoms with Crippen molar-refractivity contribution in [1.82, 2.24) is 4.90 Å². The third-order valence-electron chi connectivity index (χ3n) is 6.60. The fourth-order valence-electron chi connectivity index (χ4n) is 4.84. The van der Waals surface area contributed by atoms with Crippen molar-refractivity contribution in [3.05, 3.63) is 100 Å². The van der Waals surface area contributed by atoms with Crippen LogP contribution in [0.2, 0.25) is 0 Å². The molecule has 0 aliphatic carbocycles. The first-order valence-corrected chi connectivity index (χ1v) is 12.3. The van der Waals surface area contributed by atoms with Crippen LogP contribution in [0.4, 0.5) is 8.78 Å². The van der Waals surface area contributed by atoms with Gasteiger partial charge in [0.15, 0.2) is 0 Å². The minimum absolute atomic E-state index is 0.0360. The summed E-state index contributed by atoms with van der Waals surface area (Å²) in [6.45, 7) is 5.62. The Morgan fingerprint density at radius 2 is 1.62 bits per heavy atom. The Labute approximate surface area is 215 Å². The molecule has 5 nitrogen and oxygen atoms in total. The summed E-state index contributed by atoms with van der Waals surface area (Å²) in [6.07, 6.45) is 1.38. The van der Waals surface area contributed by atoms with Crippen LogP contribution in [-0.4, -0.2) is 34.0 Å². The first kappa shape index (κ1) is 26.3. The molecular weight excluding hydrogens is 476 g/mol. The van der Waals surface area contributed by atoms with Crippen LogP contribution in [0, 0.1) is 11.6 Å². The van der Waals surface area contributed by atoms with Crippen molar-refractivity contribution in [1.29, 1.82) is 0 Å². The average molecular weight is 508 g/mol. The lowest BCUT2D eigenvalue weighted by molar-refractivity contribution is -0.144. The maximum Gasteiger partial charge on any atom is 0.323 e. The van der Waals surface area contributed by atoms with Gasteiger partial charge in [-0.1, -0.05) is 50.2 Å². The first-order chi connectivity index (χ1) is 17.5. The van der Waals surface area contributed by atoms with Crippen LogP contribution in [0.3, 0.4) is 0 Å². The molecule has 4 rings (SSSR count). The van der Waals surface area contributed by atoms with Gasteiger partial charge in [-0.2, -0.15) is 0 Å². The molecule has 1 aliphatic heterocycles. The van der Waals surface area contributed by atoms with Crippen LogP contribution in [0.1, 0.15) is 54.5 Å². The van der Waals surface area contributed by atoms with E-state index in [1.54, 1.807) is 6.07 Å². The highest BCUT2D eigenvalue weighted by Gasteiger charge is 2.35. The lowest BCUT2D eigenvalue weighted by Crippen LogP contribution is -2.36. The zero-order valence-corrected chi connectivity index (χ0v) is 21.3. The van der Waals surface area contributed by atoms with Crippen molar-refractivity contribution in [2.75, 3.05) is 6.54 Å². The summed E-state index contributed by atoms with van der Waals surface area (Å²) in [5.41, 5.74) is 3.96. The fourth-order valence-corrected chi connectivity index (χ4v) is 4.84. The van der Waals surface area contributed by atoms with Crippen molar-refractivity contribution in [2.24, 2.45) is 0 Å². The van der Waals surface area contributed by atoms with E-state index >= 15 is 0 Å². The number of hydrogen-bond donors (Lipinski definition) is 1. The Kier molecular flexibility index (Phi) is 7.62. The van der Waals surface area contributed by atoms with Gasteiger partial charge in [-0.05, 0) is 58.9 Å². The van der Waals surface area contributed by atoms with Gasteiger partial charge in [0.05, 0.1) is 6.42 Å². The average Bonchev–Trinajstić information content (AvgIpc) is 3.13. The number of nitrogens with zero attached hydrogens (tertiary/aromatic N) is 1. The van der Waals surface area contributed by atoms with E-state index in [0.717, 1.165) is 46.4 Å². The Bertz CT molecular complexity index is 1290. The minimum atomic E-state index is -1.20. The van der Waals surface area contributed by atoms with Gasteiger partial charge >= 0.3 is 5.97 Å². The van der Waals surface area contributed by atoms with Gasteiger partial charge in [-0.15, -0.1) is 0 Å². The number of amides is 1. The van der Waals surface area contributed by atoms with E-state index in [1.807, 2.05) is 12.1 Å². The summed E-state index contributed by atoms with van der Waals surface area (Å²) in [6, 6.07) is 17.0. The summed E-state index contributed by atoms with van der Waals surface area (Å²) in [4.78, 5) is 25.5. The van der Waals surface area contributed by atoms with Crippen molar-refractivity contribution in [3.8, 4) is 5.75 Å². The van der Waals surface area contributed by atoms with Crippen molar-refractivity contribution in [3.63, 3.8) is 0 Å². The Morgan fingerprint density at radius 3 is 2.24 bits per heavy atom. The van der Waals surface area contributed by atoms with Gasteiger partial charge in [-0.25, -0.2) is 8.78 Å². The molecular formula is C30H31F2NO4. The van der Waals surface area contributed by atoms with E-state index in [2.05, 4.69) is 45.0 Å². The third-order valence-corrected chi connectivity index (χ3v) is 6.60. The zero-order valence-electron chi connectivity index (χ0n) is 21.3. The predicted octanol–water partition coefficient (Wildman–Crippen LogP) is 5.68. The number of carbonyl (C=O) groups is 2. The smallest absolute Gasteiger partial charge is 0.323 e. The molecule has 3 aromatic carbocycles. The predicted molar refractivity (Wildman–Crippen MR) is 137 cm³/mol. The van der Waals surface area contributed by atoms with E-state index in [4.69, 9.17) is 4.74 Å². The lowest BCUT2D eigenvalue weighted by atomic mass is 9.90. The summed E-state index contributed by atoms with van der Waals surface area (Å²) < 4.78 is 33.5. The van der Waals surface area contributed by atoms with Gasteiger partial charge in [0, 0.05) is 25.5 Å². The van der Waals surface area contributed by atoms with Gasteiger partial charge in [0.2, 0.25) is 5.91 Å². The molecule has 0 aromatic heterocycles. The van der Waals surface area contributed by atoms with E-state index < -0.39 is 35.7 Å². The van der Waals surface area contributed by atoms with E-state index in [-0.39, 0.29) is 18.5 Å². The van der Waals surface area contributed by atoms with Crippen LogP contribution in [0.15, 0.2) is 60.7 Å². The number of rotatable bonds is 9. The number of aliphatic carboxylic acids is 1. The number of carboxylic acid groups (broad SMARTS) is 1. The van der Waals surface area contributed by atoms with Crippen LogP contribution in [-0.2, 0) is 35.4 Å². The number of benzene rings is 3. The van der Waals surface area contributed by atoms with Crippen LogP contribution in [0.25, 0.3) is 0 Å². The molecule has 1 amide bonds. The molecule has 1 atom stereocenters. The number of carbonyl (C=O) groups excluding carboxylic acids is 1. The SMILES string of the molecule is CC(C)c1ccc(C[C@@]2(C)Cc3cc(CC(=O)N(CC(=O)O)Cc4cc(F)cc(F)c4)ccc3O2)cc1. The quantitative estimate of drug-likeness (QED) is 0.405. The molecule has 3 aromatic rings. The second kappa shape index (κ2) is 10.7. The molecule has 0 bridgehead atoms. The molecule has 194 valence electrons. The number of carboxylic acids is 1. The zero-order chi connectivity index (χ0) is 26.7.